The molecule has 0 radical (unpaired) electrons. The molecule has 0 aromatic heterocycles. The second-order valence-corrected chi connectivity index (χ2v) is 5.67. The topological polar surface area (TPSA) is 26.3 Å². The van der Waals surface area contributed by atoms with Gasteiger partial charge < -0.3 is 4.74 Å². The van der Waals surface area contributed by atoms with E-state index in [4.69, 9.17) is 4.74 Å². The lowest BCUT2D eigenvalue weighted by Gasteiger charge is -2.09. The summed E-state index contributed by atoms with van der Waals surface area (Å²) in [6.07, 6.45) is 1.95. The molecule has 0 amide bonds. The molecule has 4 heteroatoms. The fourth-order valence-electron chi connectivity index (χ4n) is 1.74. The van der Waals surface area contributed by atoms with Crippen molar-refractivity contribution in [1.29, 1.82) is 0 Å². The number of thioether (sulfide) groups is 1. The highest BCUT2D eigenvalue weighted by atomic mass is 79.9. The Bertz CT molecular complexity index is 594. The zero-order valence-electron chi connectivity index (χ0n) is 10.6. The number of carbonyl (C=O) groups excluding carboxylic acids is 1. The first-order valence-electron chi connectivity index (χ1n) is 5.68. The van der Waals surface area contributed by atoms with Gasteiger partial charge in [-0.05, 0) is 48.7 Å². The monoisotopic (exact) mass is 336 g/mol. The molecule has 0 N–H and O–H groups in total. The van der Waals surface area contributed by atoms with Gasteiger partial charge in [0.2, 0.25) is 0 Å². The van der Waals surface area contributed by atoms with Gasteiger partial charge in [-0.15, -0.1) is 11.8 Å². The summed E-state index contributed by atoms with van der Waals surface area (Å²) in [4.78, 5) is 13.4. The first-order valence-corrected chi connectivity index (χ1v) is 7.69. The van der Waals surface area contributed by atoms with Crippen LogP contribution in [0.2, 0.25) is 0 Å². The summed E-state index contributed by atoms with van der Waals surface area (Å²) in [6, 6.07) is 12.9. The van der Waals surface area contributed by atoms with Crippen LogP contribution >= 0.6 is 27.7 Å². The van der Waals surface area contributed by atoms with E-state index >= 15 is 0 Å². The van der Waals surface area contributed by atoms with Gasteiger partial charge in [0.1, 0.15) is 5.75 Å². The van der Waals surface area contributed by atoms with Crippen LogP contribution < -0.4 is 4.74 Å². The van der Waals surface area contributed by atoms with Crippen LogP contribution in [0.25, 0.3) is 0 Å². The van der Waals surface area contributed by atoms with E-state index in [-0.39, 0.29) is 5.78 Å². The molecule has 0 saturated carbocycles. The Labute approximate surface area is 125 Å². The van der Waals surface area contributed by atoms with Crippen LogP contribution in [0.4, 0.5) is 0 Å². The van der Waals surface area contributed by atoms with Crippen LogP contribution in [0.1, 0.15) is 15.9 Å². The Morgan fingerprint density at radius 3 is 2.42 bits per heavy atom. The molecule has 0 unspecified atom stereocenters. The molecule has 2 rings (SSSR count). The first kappa shape index (κ1) is 14.2. The average Bonchev–Trinajstić information content (AvgIpc) is 2.46. The Balaban J connectivity index is 2.40. The number of hydrogen-bond acceptors (Lipinski definition) is 3. The van der Waals surface area contributed by atoms with Gasteiger partial charge in [-0.1, -0.05) is 15.9 Å². The number of rotatable bonds is 4. The molecule has 0 saturated heterocycles. The molecule has 0 aliphatic heterocycles. The quantitative estimate of drug-likeness (QED) is 0.611. The van der Waals surface area contributed by atoms with E-state index < -0.39 is 0 Å². The number of carbonyl (C=O) groups is 1. The fourth-order valence-corrected chi connectivity index (χ4v) is 2.62. The molecule has 2 aromatic rings. The van der Waals surface area contributed by atoms with E-state index in [9.17, 15) is 4.79 Å². The van der Waals surface area contributed by atoms with Crippen molar-refractivity contribution in [3.63, 3.8) is 0 Å². The van der Waals surface area contributed by atoms with Crippen LogP contribution in [0.15, 0.2) is 51.8 Å². The molecule has 2 nitrogen and oxygen atoms in total. The molecule has 0 atom stereocenters. The van der Waals surface area contributed by atoms with E-state index in [0.29, 0.717) is 11.1 Å². The van der Waals surface area contributed by atoms with Crippen molar-refractivity contribution in [2.24, 2.45) is 0 Å². The Hall–Kier alpha value is -1.26. The zero-order valence-corrected chi connectivity index (χ0v) is 13.0. The number of halogens is 1. The van der Waals surface area contributed by atoms with Gasteiger partial charge in [0, 0.05) is 20.5 Å². The van der Waals surface area contributed by atoms with Gasteiger partial charge in [-0.25, -0.2) is 0 Å². The Morgan fingerprint density at radius 1 is 1.16 bits per heavy atom. The van der Waals surface area contributed by atoms with Crippen LogP contribution in [-0.2, 0) is 0 Å². The van der Waals surface area contributed by atoms with Crippen LogP contribution in [-0.4, -0.2) is 19.1 Å². The number of benzene rings is 2. The summed E-state index contributed by atoms with van der Waals surface area (Å²) in [7, 11) is 1.62. The van der Waals surface area contributed by atoms with Gasteiger partial charge in [-0.2, -0.15) is 0 Å². The molecular formula is C15H13BrO2S. The minimum atomic E-state index is 0.0273. The summed E-state index contributed by atoms with van der Waals surface area (Å²) >= 11 is 4.91. The molecule has 2 aromatic carbocycles. The second-order valence-electron chi connectivity index (χ2n) is 3.90. The van der Waals surface area contributed by atoms with Gasteiger partial charge in [-0.3, -0.25) is 4.79 Å². The highest BCUT2D eigenvalue weighted by molar-refractivity contribution is 9.10. The lowest BCUT2D eigenvalue weighted by atomic mass is 10.0. The van der Waals surface area contributed by atoms with Crippen molar-refractivity contribution in [3.8, 4) is 5.75 Å². The molecular weight excluding hydrogens is 324 g/mol. The molecule has 0 aliphatic rings. The molecule has 0 bridgehead atoms. The van der Waals surface area contributed by atoms with Crippen molar-refractivity contribution in [2.75, 3.05) is 13.4 Å². The van der Waals surface area contributed by atoms with Crippen LogP contribution in [0, 0.1) is 0 Å². The maximum absolute atomic E-state index is 12.5. The summed E-state index contributed by atoms with van der Waals surface area (Å²) < 4.78 is 6.14. The van der Waals surface area contributed by atoms with Crippen molar-refractivity contribution in [2.45, 2.75) is 4.90 Å². The lowest BCUT2D eigenvalue weighted by molar-refractivity contribution is 0.103. The van der Waals surface area contributed by atoms with Gasteiger partial charge in [0.15, 0.2) is 5.78 Å². The molecule has 19 heavy (non-hydrogen) atoms. The number of ketones is 1. The van der Waals surface area contributed by atoms with E-state index in [1.807, 2.05) is 48.7 Å². The third kappa shape index (κ3) is 3.19. The summed E-state index contributed by atoms with van der Waals surface area (Å²) in [5.74, 6) is 0.788. The third-order valence-electron chi connectivity index (χ3n) is 2.76. The molecule has 0 heterocycles. The third-order valence-corrected chi connectivity index (χ3v) is 4.07. The van der Waals surface area contributed by atoms with E-state index in [1.165, 1.54) is 0 Å². The van der Waals surface area contributed by atoms with Crippen molar-refractivity contribution in [1.82, 2.24) is 0 Å². The highest BCUT2D eigenvalue weighted by Crippen LogP contribution is 2.27. The molecule has 98 valence electrons. The largest absolute Gasteiger partial charge is 0.497 e. The lowest BCUT2D eigenvalue weighted by Crippen LogP contribution is -2.03. The number of ether oxygens (including phenoxy) is 1. The highest BCUT2D eigenvalue weighted by Gasteiger charge is 2.14. The smallest absolute Gasteiger partial charge is 0.194 e. The Kier molecular flexibility index (Phi) is 4.66. The SMILES string of the molecule is COc1ccc(C(=O)c2ccc(Br)cc2)c(SC)c1. The fraction of sp³-hybridized carbons (Fsp3) is 0.133. The second kappa shape index (κ2) is 6.26. The van der Waals surface area contributed by atoms with Crippen molar-refractivity contribution < 1.29 is 9.53 Å². The van der Waals surface area contributed by atoms with E-state index in [2.05, 4.69) is 15.9 Å². The first-order chi connectivity index (χ1) is 9.15. The normalized spacial score (nSPS) is 10.3. The summed E-state index contributed by atoms with van der Waals surface area (Å²) in [5.41, 5.74) is 1.39. The predicted octanol–water partition coefficient (Wildman–Crippen LogP) is 4.41. The standard InChI is InChI=1S/C15H13BrO2S/c1-18-12-7-8-13(14(9-12)19-2)15(17)10-3-5-11(16)6-4-10/h3-9H,1-2H3. The average molecular weight is 337 g/mol. The summed E-state index contributed by atoms with van der Waals surface area (Å²) in [6.45, 7) is 0. The van der Waals surface area contributed by atoms with E-state index in [1.54, 1.807) is 18.9 Å². The maximum Gasteiger partial charge on any atom is 0.194 e. The molecule has 0 aliphatic carbocycles. The minimum Gasteiger partial charge on any atom is -0.497 e. The van der Waals surface area contributed by atoms with Crippen LogP contribution in [0.5, 0.6) is 5.75 Å². The van der Waals surface area contributed by atoms with Gasteiger partial charge in [0.05, 0.1) is 7.11 Å². The molecule has 0 spiro atoms. The van der Waals surface area contributed by atoms with Crippen LogP contribution in [0.3, 0.4) is 0 Å². The minimum absolute atomic E-state index is 0.0273. The summed E-state index contributed by atoms with van der Waals surface area (Å²) in [5, 5.41) is 0. The number of hydrogen-bond donors (Lipinski definition) is 0. The van der Waals surface area contributed by atoms with Crippen molar-refractivity contribution in [3.05, 3.63) is 58.1 Å². The molecule has 0 fully saturated rings. The van der Waals surface area contributed by atoms with Crippen molar-refractivity contribution >= 4 is 33.5 Å². The maximum atomic E-state index is 12.5. The van der Waals surface area contributed by atoms with E-state index in [0.717, 1.165) is 15.1 Å². The zero-order chi connectivity index (χ0) is 13.8. The van der Waals surface area contributed by atoms with Gasteiger partial charge in [0.25, 0.3) is 0 Å². The number of methoxy groups -OCH3 is 1. The Morgan fingerprint density at radius 2 is 1.84 bits per heavy atom. The predicted molar refractivity (Wildman–Crippen MR) is 82.3 cm³/mol. The van der Waals surface area contributed by atoms with Gasteiger partial charge >= 0.3 is 0 Å².